The summed E-state index contributed by atoms with van der Waals surface area (Å²) in [5.41, 5.74) is 0.471. The fourth-order valence-corrected chi connectivity index (χ4v) is 2.63. The van der Waals surface area contributed by atoms with Gasteiger partial charge in [-0.15, -0.1) is 5.10 Å². The largest absolute Gasteiger partial charge is 0.461 e. The minimum absolute atomic E-state index is 0.0286. The van der Waals surface area contributed by atoms with Crippen LogP contribution >= 0.6 is 27.5 Å². The normalized spacial score (nSPS) is 10.2. The molecule has 0 aliphatic rings. The number of ether oxygens (including phenoxy) is 1. The molecule has 1 aromatic carbocycles. The summed E-state index contributed by atoms with van der Waals surface area (Å²) in [5.74, 6) is -1.28. The highest BCUT2D eigenvalue weighted by molar-refractivity contribution is 9.10. The number of esters is 1. The van der Waals surface area contributed by atoms with Crippen LogP contribution in [0.5, 0.6) is 0 Å². The third kappa shape index (κ3) is 5.61. The van der Waals surface area contributed by atoms with Crippen molar-refractivity contribution in [1.82, 2.24) is 14.9 Å². The number of carbonyl (C=O) groups excluding carboxylic acids is 3. The highest BCUT2D eigenvalue weighted by Crippen LogP contribution is 2.18. The van der Waals surface area contributed by atoms with E-state index in [4.69, 9.17) is 4.74 Å². The zero-order chi connectivity index (χ0) is 18.2. The summed E-state index contributed by atoms with van der Waals surface area (Å²) in [6, 6.07) is 6.87. The average molecular weight is 427 g/mol. The Bertz CT molecular complexity index is 763. The molecule has 25 heavy (non-hydrogen) atoms. The molecule has 8 nitrogen and oxygen atoms in total. The van der Waals surface area contributed by atoms with Crippen LogP contribution in [-0.4, -0.2) is 40.5 Å². The Kier molecular flexibility index (Phi) is 7.02. The second kappa shape index (κ2) is 9.23. The van der Waals surface area contributed by atoms with Gasteiger partial charge in [-0.1, -0.05) is 20.4 Å². The van der Waals surface area contributed by atoms with Gasteiger partial charge in [-0.2, -0.15) is 0 Å². The molecule has 0 saturated carbocycles. The van der Waals surface area contributed by atoms with Gasteiger partial charge in [-0.05, 0) is 31.2 Å². The lowest BCUT2D eigenvalue weighted by Gasteiger charge is -2.06. The van der Waals surface area contributed by atoms with E-state index in [0.29, 0.717) is 5.56 Å². The van der Waals surface area contributed by atoms with E-state index in [9.17, 15) is 14.4 Å². The van der Waals surface area contributed by atoms with Gasteiger partial charge in [0, 0.05) is 34.5 Å². The van der Waals surface area contributed by atoms with Crippen molar-refractivity contribution in [2.75, 3.05) is 18.5 Å². The number of aromatic nitrogens is 2. The van der Waals surface area contributed by atoms with E-state index >= 15 is 0 Å². The number of carbonyl (C=O) groups is 3. The molecule has 1 aromatic heterocycles. The zero-order valence-corrected chi connectivity index (χ0v) is 15.6. The Morgan fingerprint density at radius 3 is 2.64 bits per heavy atom. The second-order valence-electron chi connectivity index (χ2n) is 4.73. The molecule has 0 fully saturated rings. The fourth-order valence-electron chi connectivity index (χ4n) is 1.79. The van der Waals surface area contributed by atoms with Crippen LogP contribution in [0.15, 0.2) is 28.7 Å². The summed E-state index contributed by atoms with van der Waals surface area (Å²) >= 11 is 4.18. The summed E-state index contributed by atoms with van der Waals surface area (Å²) in [4.78, 5) is 35.5. The zero-order valence-electron chi connectivity index (χ0n) is 13.2. The van der Waals surface area contributed by atoms with Crippen LogP contribution in [0, 0.1) is 0 Å². The lowest BCUT2D eigenvalue weighted by Crippen LogP contribution is -2.27. The number of rotatable bonds is 7. The van der Waals surface area contributed by atoms with E-state index in [2.05, 4.69) is 36.2 Å². The number of hydrogen-bond acceptors (Lipinski definition) is 7. The van der Waals surface area contributed by atoms with Gasteiger partial charge in [0.05, 0.1) is 6.61 Å². The first kappa shape index (κ1) is 19.0. The summed E-state index contributed by atoms with van der Waals surface area (Å²) < 4.78 is 9.34. The number of benzene rings is 1. The lowest BCUT2D eigenvalue weighted by atomic mass is 10.2. The predicted molar refractivity (Wildman–Crippen MR) is 95.6 cm³/mol. The molecule has 2 N–H and O–H groups in total. The number of halogens is 1. The fraction of sp³-hybridized carbons (Fsp3) is 0.267. The molecule has 2 aromatic rings. The molecular weight excluding hydrogens is 412 g/mol. The Balaban J connectivity index is 1.81. The van der Waals surface area contributed by atoms with Crippen LogP contribution in [0.4, 0.5) is 5.00 Å². The van der Waals surface area contributed by atoms with Gasteiger partial charge in [-0.25, -0.2) is 4.79 Å². The van der Waals surface area contributed by atoms with Gasteiger partial charge < -0.3 is 15.4 Å². The van der Waals surface area contributed by atoms with Crippen molar-refractivity contribution in [2.45, 2.75) is 13.3 Å². The van der Waals surface area contributed by atoms with Crippen molar-refractivity contribution < 1.29 is 19.1 Å². The first-order chi connectivity index (χ1) is 12.0. The van der Waals surface area contributed by atoms with Gasteiger partial charge >= 0.3 is 5.97 Å². The first-order valence-corrected chi connectivity index (χ1v) is 8.91. The van der Waals surface area contributed by atoms with Gasteiger partial charge in [-0.3, -0.25) is 9.59 Å². The van der Waals surface area contributed by atoms with Crippen molar-refractivity contribution in [1.29, 1.82) is 0 Å². The molecule has 1 heterocycles. The van der Waals surface area contributed by atoms with Gasteiger partial charge in [0.25, 0.3) is 5.91 Å². The minimum Gasteiger partial charge on any atom is -0.461 e. The molecule has 0 aliphatic carbocycles. The number of nitrogens with zero attached hydrogens (tertiary/aromatic N) is 2. The summed E-state index contributed by atoms with van der Waals surface area (Å²) in [7, 11) is 0. The molecule has 0 saturated heterocycles. The summed E-state index contributed by atoms with van der Waals surface area (Å²) in [6.07, 6.45) is 0.0441. The number of hydrogen-bond donors (Lipinski definition) is 2. The van der Waals surface area contributed by atoms with E-state index in [-0.39, 0.29) is 42.1 Å². The molecule has 0 unspecified atom stereocenters. The standard InChI is InChI=1S/C15H15BrN4O4S/c1-2-24-15(23)12-14(25-20-19-12)18-11(21)7-8-17-13(22)9-3-5-10(16)6-4-9/h3-6H,2,7-8H2,1H3,(H,17,22)(H,18,21). The molecular formula is C15H15BrN4O4S. The maximum atomic E-state index is 11.9. The van der Waals surface area contributed by atoms with Crippen LogP contribution in [0.1, 0.15) is 34.2 Å². The Morgan fingerprint density at radius 2 is 1.96 bits per heavy atom. The summed E-state index contributed by atoms with van der Waals surface area (Å²) in [5, 5.41) is 9.07. The van der Waals surface area contributed by atoms with Crippen molar-refractivity contribution in [3.8, 4) is 0 Å². The van der Waals surface area contributed by atoms with Gasteiger partial charge in [0.15, 0.2) is 5.00 Å². The van der Waals surface area contributed by atoms with Crippen molar-refractivity contribution in [3.05, 3.63) is 40.0 Å². The van der Waals surface area contributed by atoms with Crippen LogP contribution < -0.4 is 10.6 Å². The maximum absolute atomic E-state index is 11.9. The smallest absolute Gasteiger partial charge is 0.362 e. The van der Waals surface area contributed by atoms with Gasteiger partial charge in [0.2, 0.25) is 11.6 Å². The number of anilines is 1. The van der Waals surface area contributed by atoms with Crippen molar-refractivity contribution in [2.24, 2.45) is 0 Å². The molecule has 10 heteroatoms. The Labute approximate surface area is 156 Å². The summed E-state index contributed by atoms with van der Waals surface area (Å²) in [6.45, 7) is 2.03. The molecule has 0 atom stereocenters. The first-order valence-electron chi connectivity index (χ1n) is 7.34. The van der Waals surface area contributed by atoms with Crippen molar-refractivity contribution in [3.63, 3.8) is 0 Å². The van der Waals surface area contributed by atoms with E-state index in [1.54, 1.807) is 31.2 Å². The van der Waals surface area contributed by atoms with Gasteiger partial charge in [0.1, 0.15) is 0 Å². The molecule has 2 rings (SSSR count). The Morgan fingerprint density at radius 1 is 1.24 bits per heavy atom. The van der Waals surface area contributed by atoms with Crippen molar-refractivity contribution >= 4 is 50.2 Å². The third-order valence-corrected chi connectivity index (χ3v) is 4.12. The van der Waals surface area contributed by atoms with Crippen LogP contribution in [0.3, 0.4) is 0 Å². The molecule has 2 amide bonds. The van der Waals surface area contributed by atoms with Crippen LogP contribution in [0.25, 0.3) is 0 Å². The SMILES string of the molecule is CCOC(=O)c1nnsc1NC(=O)CCNC(=O)c1ccc(Br)cc1. The number of nitrogens with one attached hydrogen (secondary N) is 2. The molecule has 132 valence electrons. The molecule has 0 bridgehead atoms. The Hall–Kier alpha value is -2.33. The topological polar surface area (TPSA) is 110 Å². The maximum Gasteiger partial charge on any atom is 0.362 e. The third-order valence-electron chi connectivity index (χ3n) is 2.95. The van der Waals surface area contributed by atoms with E-state index in [0.717, 1.165) is 16.0 Å². The average Bonchev–Trinajstić information content (AvgIpc) is 3.03. The molecule has 0 aliphatic heterocycles. The number of amides is 2. The highest BCUT2D eigenvalue weighted by atomic mass is 79.9. The monoisotopic (exact) mass is 426 g/mol. The quantitative estimate of drug-likeness (QED) is 0.656. The second-order valence-corrected chi connectivity index (χ2v) is 6.40. The van der Waals surface area contributed by atoms with E-state index in [1.165, 1.54) is 0 Å². The highest BCUT2D eigenvalue weighted by Gasteiger charge is 2.19. The molecule has 0 radical (unpaired) electrons. The van der Waals surface area contributed by atoms with Crippen LogP contribution in [-0.2, 0) is 9.53 Å². The predicted octanol–water partition coefficient (Wildman–Crippen LogP) is 2.24. The molecule has 0 spiro atoms. The van der Waals surface area contributed by atoms with E-state index < -0.39 is 5.97 Å². The lowest BCUT2D eigenvalue weighted by molar-refractivity contribution is -0.116. The minimum atomic E-state index is -0.643. The van der Waals surface area contributed by atoms with E-state index in [1.807, 2.05) is 0 Å². The van der Waals surface area contributed by atoms with Crippen LogP contribution in [0.2, 0.25) is 0 Å².